The van der Waals surface area contributed by atoms with Crippen molar-refractivity contribution in [1.82, 2.24) is 10.2 Å². The van der Waals surface area contributed by atoms with Crippen molar-refractivity contribution in [2.45, 2.75) is 25.8 Å². The van der Waals surface area contributed by atoms with Gasteiger partial charge in [-0.2, -0.15) is 0 Å². The van der Waals surface area contributed by atoms with Crippen molar-refractivity contribution in [2.75, 3.05) is 19.6 Å². The first-order valence-electron chi connectivity index (χ1n) is 6.84. The minimum absolute atomic E-state index is 0.198. The van der Waals surface area contributed by atoms with Crippen LogP contribution in [0.2, 0.25) is 0 Å². The van der Waals surface area contributed by atoms with Gasteiger partial charge >= 0.3 is 0 Å². The van der Waals surface area contributed by atoms with E-state index in [1.165, 1.54) is 12.8 Å². The standard InChI is InChI=1S/C15H20N2O/c1-11-5-2-3-7-13(11)15(18)17-9-12-6-4-8-16-14(12)10-17/h2-3,5,7,12,14,16H,4,6,8-10H2,1H3. The van der Waals surface area contributed by atoms with Crippen molar-refractivity contribution >= 4 is 5.91 Å². The van der Waals surface area contributed by atoms with Crippen molar-refractivity contribution in [2.24, 2.45) is 5.92 Å². The minimum atomic E-state index is 0.198. The van der Waals surface area contributed by atoms with Crippen LogP contribution in [-0.2, 0) is 0 Å². The Morgan fingerprint density at radius 2 is 2.17 bits per heavy atom. The summed E-state index contributed by atoms with van der Waals surface area (Å²) >= 11 is 0. The Balaban J connectivity index is 1.76. The third-order valence-corrected chi connectivity index (χ3v) is 4.26. The molecule has 1 aromatic carbocycles. The monoisotopic (exact) mass is 244 g/mol. The van der Waals surface area contributed by atoms with E-state index in [4.69, 9.17) is 0 Å². The number of carbonyl (C=O) groups excluding carboxylic acids is 1. The predicted molar refractivity (Wildman–Crippen MR) is 71.6 cm³/mol. The molecule has 1 N–H and O–H groups in total. The molecule has 1 aromatic rings. The van der Waals surface area contributed by atoms with Crippen LogP contribution in [0.5, 0.6) is 0 Å². The topological polar surface area (TPSA) is 32.3 Å². The van der Waals surface area contributed by atoms with Gasteiger partial charge < -0.3 is 10.2 Å². The zero-order valence-corrected chi connectivity index (χ0v) is 10.9. The molecular weight excluding hydrogens is 224 g/mol. The molecule has 2 saturated heterocycles. The lowest BCUT2D eigenvalue weighted by Gasteiger charge is -2.24. The zero-order valence-electron chi connectivity index (χ0n) is 10.9. The summed E-state index contributed by atoms with van der Waals surface area (Å²) in [5.41, 5.74) is 1.93. The number of nitrogens with zero attached hydrogens (tertiary/aromatic N) is 1. The molecular formula is C15H20N2O. The van der Waals surface area contributed by atoms with E-state index >= 15 is 0 Å². The number of benzene rings is 1. The Hall–Kier alpha value is -1.35. The third kappa shape index (κ3) is 2.03. The molecule has 0 saturated carbocycles. The summed E-state index contributed by atoms with van der Waals surface area (Å²) in [5.74, 6) is 0.857. The summed E-state index contributed by atoms with van der Waals surface area (Å²) < 4.78 is 0. The van der Waals surface area contributed by atoms with E-state index in [-0.39, 0.29) is 5.91 Å². The number of nitrogens with one attached hydrogen (secondary N) is 1. The van der Waals surface area contributed by atoms with Crippen molar-refractivity contribution in [3.63, 3.8) is 0 Å². The first-order valence-corrected chi connectivity index (χ1v) is 6.84. The van der Waals surface area contributed by atoms with Crippen LogP contribution < -0.4 is 5.32 Å². The summed E-state index contributed by atoms with van der Waals surface area (Å²) in [6.07, 6.45) is 2.50. The van der Waals surface area contributed by atoms with E-state index < -0.39 is 0 Å². The van der Waals surface area contributed by atoms with E-state index in [0.717, 1.165) is 30.8 Å². The number of amides is 1. The summed E-state index contributed by atoms with van der Waals surface area (Å²) in [6, 6.07) is 8.40. The number of hydrogen-bond donors (Lipinski definition) is 1. The molecule has 2 aliphatic rings. The molecule has 18 heavy (non-hydrogen) atoms. The molecule has 1 amide bonds. The highest BCUT2D eigenvalue weighted by Gasteiger charge is 2.36. The van der Waals surface area contributed by atoms with E-state index in [0.29, 0.717) is 12.0 Å². The van der Waals surface area contributed by atoms with Crippen LogP contribution in [0.25, 0.3) is 0 Å². The second-order valence-electron chi connectivity index (χ2n) is 5.49. The van der Waals surface area contributed by atoms with E-state index in [2.05, 4.69) is 5.32 Å². The highest BCUT2D eigenvalue weighted by molar-refractivity contribution is 5.95. The van der Waals surface area contributed by atoms with Crippen LogP contribution in [0.4, 0.5) is 0 Å². The average Bonchev–Trinajstić information content (AvgIpc) is 2.82. The lowest BCUT2D eigenvalue weighted by Crippen LogP contribution is -2.41. The lowest BCUT2D eigenvalue weighted by atomic mass is 9.94. The number of fused-ring (bicyclic) bond motifs is 1. The van der Waals surface area contributed by atoms with Gasteiger partial charge in [0.1, 0.15) is 0 Å². The van der Waals surface area contributed by atoms with E-state index in [9.17, 15) is 4.79 Å². The van der Waals surface area contributed by atoms with Crippen molar-refractivity contribution in [3.05, 3.63) is 35.4 Å². The Labute approximate surface area is 108 Å². The molecule has 2 heterocycles. The Morgan fingerprint density at radius 1 is 1.33 bits per heavy atom. The first-order chi connectivity index (χ1) is 8.75. The zero-order chi connectivity index (χ0) is 12.5. The Bertz CT molecular complexity index is 444. The maximum atomic E-state index is 12.5. The maximum absolute atomic E-state index is 12.5. The van der Waals surface area contributed by atoms with Crippen LogP contribution in [0, 0.1) is 12.8 Å². The van der Waals surface area contributed by atoms with Gasteiger partial charge in [0.15, 0.2) is 0 Å². The van der Waals surface area contributed by atoms with Gasteiger partial charge in [-0.05, 0) is 43.9 Å². The molecule has 0 aliphatic carbocycles. The molecule has 2 aliphatic heterocycles. The highest BCUT2D eigenvalue weighted by atomic mass is 16.2. The average molecular weight is 244 g/mol. The van der Waals surface area contributed by atoms with Crippen LogP contribution in [0.1, 0.15) is 28.8 Å². The first kappa shape index (κ1) is 11.7. The van der Waals surface area contributed by atoms with E-state index in [1.54, 1.807) is 0 Å². The molecule has 2 unspecified atom stereocenters. The molecule has 0 bridgehead atoms. The van der Waals surface area contributed by atoms with Gasteiger partial charge in [0.2, 0.25) is 0 Å². The molecule has 3 heteroatoms. The number of carbonyl (C=O) groups is 1. The quantitative estimate of drug-likeness (QED) is 0.817. The van der Waals surface area contributed by atoms with Crippen LogP contribution in [0.3, 0.4) is 0 Å². The number of hydrogen-bond acceptors (Lipinski definition) is 2. The lowest BCUT2D eigenvalue weighted by molar-refractivity contribution is 0.0785. The number of piperidine rings is 1. The minimum Gasteiger partial charge on any atom is -0.337 e. The largest absolute Gasteiger partial charge is 0.337 e. The van der Waals surface area contributed by atoms with Gasteiger partial charge in [-0.25, -0.2) is 0 Å². The van der Waals surface area contributed by atoms with Gasteiger partial charge in [0.05, 0.1) is 0 Å². The summed E-state index contributed by atoms with van der Waals surface area (Å²) in [7, 11) is 0. The summed E-state index contributed by atoms with van der Waals surface area (Å²) in [4.78, 5) is 14.5. The van der Waals surface area contributed by atoms with Crippen molar-refractivity contribution < 1.29 is 4.79 Å². The number of rotatable bonds is 1. The molecule has 0 spiro atoms. The van der Waals surface area contributed by atoms with Gasteiger partial charge in [0.25, 0.3) is 5.91 Å². The van der Waals surface area contributed by atoms with Crippen LogP contribution in [0.15, 0.2) is 24.3 Å². The highest BCUT2D eigenvalue weighted by Crippen LogP contribution is 2.26. The second-order valence-corrected chi connectivity index (χ2v) is 5.49. The fourth-order valence-corrected chi connectivity index (χ4v) is 3.20. The molecule has 96 valence electrons. The van der Waals surface area contributed by atoms with Crippen LogP contribution >= 0.6 is 0 Å². The number of likely N-dealkylation sites (tertiary alicyclic amines) is 1. The van der Waals surface area contributed by atoms with Gasteiger partial charge in [-0.3, -0.25) is 4.79 Å². The van der Waals surface area contributed by atoms with Crippen LogP contribution in [-0.4, -0.2) is 36.5 Å². The van der Waals surface area contributed by atoms with Gasteiger partial charge in [0, 0.05) is 24.7 Å². The Morgan fingerprint density at radius 3 is 2.94 bits per heavy atom. The molecule has 3 nitrogen and oxygen atoms in total. The normalized spacial score (nSPS) is 27.1. The molecule has 3 rings (SSSR count). The molecule has 2 atom stereocenters. The Kier molecular flexibility index (Phi) is 3.08. The predicted octanol–water partition coefficient (Wildman–Crippen LogP) is 1.82. The smallest absolute Gasteiger partial charge is 0.254 e. The van der Waals surface area contributed by atoms with Gasteiger partial charge in [-0.1, -0.05) is 18.2 Å². The van der Waals surface area contributed by atoms with Gasteiger partial charge in [-0.15, -0.1) is 0 Å². The molecule has 2 fully saturated rings. The van der Waals surface area contributed by atoms with E-state index in [1.807, 2.05) is 36.1 Å². The second kappa shape index (κ2) is 4.73. The SMILES string of the molecule is Cc1ccccc1C(=O)N1CC2CCCNC2C1. The number of aryl methyl sites for hydroxylation is 1. The fourth-order valence-electron chi connectivity index (χ4n) is 3.20. The third-order valence-electron chi connectivity index (χ3n) is 4.26. The summed E-state index contributed by atoms with van der Waals surface area (Å²) in [5, 5.41) is 3.54. The fraction of sp³-hybridized carbons (Fsp3) is 0.533. The molecule has 0 aromatic heterocycles. The van der Waals surface area contributed by atoms with Crippen molar-refractivity contribution in [1.29, 1.82) is 0 Å². The van der Waals surface area contributed by atoms with Crippen molar-refractivity contribution in [3.8, 4) is 0 Å². The summed E-state index contributed by atoms with van der Waals surface area (Å²) in [6.45, 7) is 4.91. The molecule has 0 radical (unpaired) electrons. The maximum Gasteiger partial charge on any atom is 0.254 e.